The van der Waals surface area contributed by atoms with Gasteiger partial charge in [0.2, 0.25) is 5.91 Å². The number of aryl methyl sites for hydroxylation is 1. The second kappa shape index (κ2) is 8.80. The van der Waals surface area contributed by atoms with Crippen LogP contribution < -0.4 is 10.2 Å². The number of carbonyl (C=O) groups is 2. The van der Waals surface area contributed by atoms with Gasteiger partial charge in [-0.25, -0.2) is 4.39 Å². The fourth-order valence-electron chi connectivity index (χ4n) is 3.50. The maximum Gasteiger partial charge on any atom is 0.273 e. The number of nitrogens with one attached hydrogen (secondary N) is 1. The van der Waals surface area contributed by atoms with Crippen LogP contribution in [0.1, 0.15) is 26.9 Å². The van der Waals surface area contributed by atoms with Crippen molar-refractivity contribution in [2.75, 3.05) is 16.0 Å². The molecule has 0 saturated carbocycles. The Morgan fingerprint density at radius 1 is 1.16 bits per heavy atom. The number of carbonyl (C=O) groups excluding carboxylic acids is 2. The lowest BCUT2D eigenvalue weighted by molar-refractivity contribution is -0.385. The van der Waals surface area contributed by atoms with Gasteiger partial charge in [-0.1, -0.05) is 30.3 Å². The normalized spacial score (nSPS) is 15.6. The van der Waals surface area contributed by atoms with E-state index in [1.165, 1.54) is 40.9 Å². The third-order valence-electron chi connectivity index (χ3n) is 5.08. The molecule has 32 heavy (non-hydrogen) atoms. The lowest BCUT2D eigenvalue weighted by Gasteiger charge is -2.25. The maximum absolute atomic E-state index is 14.4. The zero-order valence-electron chi connectivity index (χ0n) is 16.9. The zero-order valence-corrected chi connectivity index (χ0v) is 17.8. The molecule has 0 spiro atoms. The van der Waals surface area contributed by atoms with Crippen molar-refractivity contribution in [3.8, 4) is 0 Å². The summed E-state index contributed by atoms with van der Waals surface area (Å²) in [4.78, 5) is 37.2. The highest BCUT2D eigenvalue weighted by Crippen LogP contribution is 2.43. The number of benzene rings is 3. The fraction of sp³-hybridized carbons (Fsp3) is 0.130. The first-order valence-corrected chi connectivity index (χ1v) is 10.7. The molecule has 0 radical (unpaired) electrons. The monoisotopic (exact) mass is 451 g/mol. The number of thioether (sulfide) groups is 1. The molecule has 3 aromatic carbocycles. The quantitative estimate of drug-likeness (QED) is 0.432. The summed E-state index contributed by atoms with van der Waals surface area (Å²) in [6, 6.07) is 17.3. The molecule has 7 nitrogen and oxygen atoms in total. The molecule has 0 aromatic heterocycles. The summed E-state index contributed by atoms with van der Waals surface area (Å²) in [6.45, 7) is 1.60. The smallest absolute Gasteiger partial charge is 0.273 e. The Bertz CT molecular complexity index is 1230. The van der Waals surface area contributed by atoms with Crippen molar-refractivity contribution in [3.05, 3.63) is 99.4 Å². The Balaban J connectivity index is 1.59. The summed E-state index contributed by atoms with van der Waals surface area (Å²) in [5, 5.41) is 13.4. The first-order chi connectivity index (χ1) is 15.3. The number of nitrogens with zero attached hydrogens (tertiary/aromatic N) is 2. The molecule has 1 fully saturated rings. The van der Waals surface area contributed by atoms with Gasteiger partial charge in [0.05, 0.1) is 16.4 Å². The van der Waals surface area contributed by atoms with Crippen LogP contribution in [0.25, 0.3) is 0 Å². The van der Waals surface area contributed by atoms with Crippen LogP contribution in [0.2, 0.25) is 0 Å². The molecule has 1 N–H and O–H groups in total. The summed E-state index contributed by atoms with van der Waals surface area (Å²) in [5.41, 5.74) is 1.87. The van der Waals surface area contributed by atoms with Gasteiger partial charge in [0.25, 0.3) is 11.6 Å². The largest absolute Gasteiger partial charge is 0.322 e. The summed E-state index contributed by atoms with van der Waals surface area (Å²) < 4.78 is 14.4. The van der Waals surface area contributed by atoms with E-state index in [4.69, 9.17) is 0 Å². The highest BCUT2D eigenvalue weighted by Gasteiger charge is 2.35. The number of hydrogen-bond acceptors (Lipinski definition) is 5. The molecule has 1 heterocycles. The minimum absolute atomic E-state index is 0.132. The van der Waals surface area contributed by atoms with Gasteiger partial charge in [0.15, 0.2) is 0 Å². The van der Waals surface area contributed by atoms with Gasteiger partial charge in [-0.3, -0.25) is 24.6 Å². The van der Waals surface area contributed by atoms with Crippen molar-refractivity contribution in [2.45, 2.75) is 12.3 Å². The van der Waals surface area contributed by atoms with E-state index in [1.807, 2.05) is 0 Å². The summed E-state index contributed by atoms with van der Waals surface area (Å²) in [6.07, 6.45) is 0. The Kier molecular flexibility index (Phi) is 5.91. The average Bonchev–Trinajstić information content (AvgIpc) is 3.15. The lowest BCUT2D eigenvalue weighted by atomic mass is 10.1. The van der Waals surface area contributed by atoms with Crippen molar-refractivity contribution in [3.63, 3.8) is 0 Å². The van der Waals surface area contributed by atoms with Crippen LogP contribution in [0.15, 0.2) is 66.7 Å². The standard InChI is InChI=1S/C23H18FN3O4S/c1-14-9-10-15(12-20(14)27(30)31)22(29)25-17-6-4-5-16(11-17)23-26(21(28)13-32-23)19-8-3-2-7-18(19)24/h2-12,23H,13H2,1H3,(H,25,29)/t23-/m1/s1. The molecule has 1 aliphatic rings. The molecule has 9 heteroatoms. The minimum atomic E-state index is -0.529. The molecule has 0 aliphatic carbocycles. The topological polar surface area (TPSA) is 92.6 Å². The highest BCUT2D eigenvalue weighted by atomic mass is 32.2. The van der Waals surface area contributed by atoms with E-state index in [0.717, 1.165) is 5.56 Å². The molecule has 4 rings (SSSR count). The molecule has 1 atom stereocenters. The summed E-state index contributed by atoms with van der Waals surface area (Å²) >= 11 is 1.37. The number of nitro groups is 1. The maximum atomic E-state index is 14.4. The van der Waals surface area contributed by atoms with Gasteiger partial charge < -0.3 is 5.32 Å². The van der Waals surface area contributed by atoms with Crippen LogP contribution >= 0.6 is 11.8 Å². The SMILES string of the molecule is Cc1ccc(C(=O)Nc2cccc([C@H]3SCC(=O)N3c3ccccc3F)c2)cc1[N+](=O)[O-]. The summed E-state index contributed by atoms with van der Waals surface area (Å²) in [5.74, 6) is -0.973. The van der Waals surface area contributed by atoms with Crippen LogP contribution in [-0.4, -0.2) is 22.5 Å². The minimum Gasteiger partial charge on any atom is -0.322 e. The van der Waals surface area contributed by atoms with Gasteiger partial charge in [-0.15, -0.1) is 11.8 Å². The van der Waals surface area contributed by atoms with Crippen molar-refractivity contribution >= 4 is 40.6 Å². The molecule has 162 valence electrons. The van der Waals surface area contributed by atoms with E-state index in [1.54, 1.807) is 49.4 Å². The molecular formula is C23H18FN3O4S. The van der Waals surface area contributed by atoms with Crippen LogP contribution in [0.3, 0.4) is 0 Å². The molecule has 0 unspecified atom stereocenters. The van der Waals surface area contributed by atoms with E-state index in [0.29, 0.717) is 11.3 Å². The summed E-state index contributed by atoms with van der Waals surface area (Å²) in [7, 11) is 0. The molecule has 1 aliphatic heterocycles. The second-order valence-electron chi connectivity index (χ2n) is 7.22. The number of halogens is 1. The predicted octanol–water partition coefficient (Wildman–Crippen LogP) is 5.07. The van der Waals surface area contributed by atoms with Gasteiger partial charge in [0.1, 0.15) is 11.2 Å². The molecule has 3 aromatic rings. The molecular weight excluding hydrogens is 433 g/mol. The lowest BCUT2D eigenvalue weighted by Crippen LogP contribution is -2.28. The molecule has 2 amide bonds. The number of amides is 2. The van der Waals surface area contributed by atoms with Gasteiger partial charge in [-0.05, 0) is 42.8 Å². The Morgan fingerprint density at radius 2 is 1.94 bits per heavy atom. The van der Waals surface area contributed by atoms with Crippen LogP contribution in [0.5, 0.6) is 0 Å². The second-order valence-corrected chi connectivity index (χ2v) is 8.29. The number of anilines is 2. The van der Waals surface area contributed by atoms with Crippen molar-refractivity contribution < 1.29 is 18.9 Å². The third-order valence-corrected chi connectivity index (χ3v) is 6.29. The Morgan fingerprint density at radius 3 is 2.69 bits per heavy atom. The van der Waals surface area contributed by atoms with Crippen molar-refractivity contribution in [1.82, 2.24) is 0 Å². The Labute approximate surface area is 187 Å². The highest BCUT2D eigenvalue weighted by molar-refractivity contribution is 8.00. The van der Waals surface area contributed by atoms with E-state index in [2.05, 4.69) is 5.32 Å². The van der Waals surface area contributed by atoms with Gasteiger partial charge in [0, 0.05) is 22.9 Å². The van der Waals surface area contributed by atoms with E-state index < -0.39 is 22.0 Å². The van der Waals surface area contributed by atoms with Gasteiger partial charge >= 0.3 is 0 Å². The number of para-hydroxylation sites is 1. The fourth-order valence-corrected chi connectivity index (χ4v) is 4.66. The molecule has 0 bridgehead atoms. The Hall–Kier alpha value is -3.72. The van der Waals surface area contributed by atoms with E-state index in [9.17, 15) is 24.1 Å². The van der Waals surface area contributed by atoms with Crippen molar-refractivity contribution in [1.29, 1.82) is 0 Å². The van der Waals surface area contributed by atoms with Crippen LogP contribution in [0, 0.1) is 22.9 Å². The average molecular weight is 451 g/mol. The van der Waals surface area contributed by atoms with Crippen LogP contribution in [0.4, 0.5) is 21.5 Å². The number of nitro benzene ring substituents is 1. The first-order valence-electron chi connectivity index (χ1n) is 9.69. The van der Waals surface area contributed by atoms with E-state index in [-0.39, 0.29) is 28.6 Å². The van der Waals surface area contributed by atoms with Crippen LogP contribution in [-0.2, 0) is 4.79 Å². The van der Waals surface area contributed by atoms with E-state index >= 15 is 0 Å². The zero-order chi connectivity index (χ0) is 22.8. The molecule has 1 saturated heterocycles. The van der Waals surface area contributed by atoms with Gasteiger partial charge in [-0.2, -0.15) is 0 Å². The van der Waals surface area contributed by atoms with Crippen molar-refractivity contribution in [2.24, 2.45) is 0 Å². The number of hydrogen-bond donors (Lipinski definition) is 1. The number of rotatable bonds is 5. The first kappa shape index (κ1) is 21.5. The predicted molar refractivity (Wildman–Crippen MR) is 121 cm³/mol. The third kappa shape index (κ3) is 4.19.